The van der Waals surface area contributed by atoms with Gasteiger partial charge in [-0.25, -0.2) is 4.39 Å². The van der Waals surface area contributed by atoms with Crippen molar-refractivity contribution in [3.8, 4) is 0 Å². The molecule has 1 N–H and O–H groups in total. The molecule has 1 saturated heterocycles. The second-order valence-electron chi connectivity index (χ2n) is 12.2. The van der Waals surface area contributed by atoms with Crippen molar-refractivity contribution in [3.05, 3.63) is 82.9 Å². The molecule has 3 fully saturated rings. The number of rotatable bonds is 6. The third-order valence-corrected chi connectivity index (χ3v) is 9.32. The number of amides is 2. The van der Waals surface area contributed by atoms with E-state index in [0.29, 0.717) is 44.2 Å². The molecular formula is C32H34F4N4O2. The van der Waals surface area contributed by atoms with Crippen molar-refractivity contribution >= 4 is 17.5 Å². The third kappa shape index (κ3) is 5.43. The van der Waals surface area contributed by atoms with Gasteiger partial charge in [0.15, 0.2) is 0 Å². The summed E-state index contributed by atoms with van der Waals surface area (Å²) in [6.45, 7) is 2.74. The van der Waals surface area contributed by atoms with E-state index >= 15 is 0 Å². The molecule has 2 amide bonds. The molecule has 1 aromatic heterocycles. The van der Waals surface area contributed by atoms with Gasteiger partial charge in [-0.15, -0.1) is 0 Å². The highest BCUT2D eigenvalue weighted by Crippen LogP contribution is 2.51. The van der Waals surface area contributed by atoms with Gasteiger partial charge < -0.3 is 10.2 Å². The van der Waals surface area contributed by atoms with Crippen molar-refractivity contribution in [3.63, 3.8) is 0 Å². The average Bonchev–Trinajstić information content (AvgIpc) is 3.36. The summed E-state index contributed by atoms with van der Waals surface area (Å²) in [6.07, 6.45) is 2.16. The Balaban J connectivity index is 1.16. The van der Waals surface area contributed by atoms with Crippen LogP contribution in [0, 0.1) is 11.7 Å². The van der Waals surface area contributed by atoms with Crippen molar-refractivity contribution < 1.29 is 27.2 Å². The maximum atomic E-state index is 14.0. The monoisotopic (exact) mass is 582 g/mol. The molecule has 10 heteroatoms. The molecule has 2 aliphatic carbocycles. The summed E-state index contributed by atoms with van der Waals surface area (Å²) < 4.78 is 56.9. The summed E-state index contributed by atoms with van der Waals surface area (Å²) in [7, 11) is 0. The molecule has 0 radical (unpaired) electrons. The lowest BCUT2D eigenvalue weighted by Crippen LogP contribution is -2.32. The van der Waals surface area contributed by atoms with Crippen molar-refractivity contribution in [1.29, 1.82) is 0 Å². The van der Waals surface area contributed by atoms with Gasteiger partial charge in [-0.05, 0) is 68.7 Å². The molecule has 2 heterocycles. The van der Waals surface area contributed by atoms with Gasteiger partial charge in [0.2, 0.25) is 5.91 Å². The molecule has 0 spiro atoms. The number of alkyl halides is 3. The molecule has 1 atom stereocenters. The molecule has 1 unspecified atom stereocenters. The van der Waals surface area contributed by atoms with Gasteiger partial charge in [0.25, 0.3) is 5.91 Å². The molecular weight excluding hydrogens is 548 g/mol. The Morgan fingerprint density at radius 2 is 1.67 bits per heavy atom. The zero-order chi connectivity index (χ0) is 29.6. The normalized spacial score (nSPS) is 23.5. The van der Waals surface area contributed by atoms with Crippen LogP contribution in [-0.4, -0.2) is 39.6 Å². The van der Waals surface area contributed by atoms with E-state index in [4.69, 9.17) is 0 Å². The second-order valence-corrected chi connectivity index (χ2v) is 12.2. The van der Waals surface area contributed by atoms with Gasteiger partial charge in [-0.3, -0.25) is 14.3 Å². The van der Waals surface area contributed by atoms with Crippen LogP contribution in [0.25, 0.3) is 0 Å². The Kier molecular flexibility index (Phi) is 7.35. The van der Waals surface area contributed by atoms with Gasteiger partial charge in [-0.2, -0.15) is 18.3 Å². The predicted molar refractivity (Wildman–Crippen MR) is 150 cm³/mol. The van der Waals surface area contributed by atoms with E-state index in [1.54, 1.807) is 35.4 Å². The fourth-order valence-corrected chi connectivity index (χ4v) is 6.68. The zero-order valence-electron chi connectivity index (χ0n) is 23.5. The van der Waals surface area contributed by atoms with Crippen LogP contribution in [0.2, 0.25) is 0 Å². The standard InChI is InChI=1S/C32H34F4N4O2/c1-31(15-16-31)28-24(30(42)39-17-14-21(19-39)23-6-2-3-7-25(23)32(34,35)36)18-37-40(28)22-12-10-20(11-13-22)29(41)38-27-9-5-4-8-26(27)33/h2-9,18,20-22H,10-17,19H2,1H3,(H,38,41)/t20-,21?,22-. The number of hydrogen-bond acceptors (Lipinski definition) is 3. The Labute approximate surface area is 242 Å². The lowest BCUT2D eigenvalue weighted by Gasteiger charge is -2.30. The summed E-state index contributed by atoms with van der Waals surface area (Å²) in [5.74, 6) is -1.47. The van der Waals surface area contributed by atoms with Crippen molar-refractivity contribution in [2.24, 2.45) is 5.92 Å². The van der Waals surface area contributed by atoms with E-state index in [2.05, 4.69) is 17.3 Å². The molecule has 42 heavy (non-hydrogen) atoms. The van der Waals surface area contributed by atoms with E-state index in [1.807, 2.05) is 4.68 Å². The van der Waals surface area contributed by atoms with Crippen LogP contribution in [-0.2, 0) is 16.4 Å². The first-order valence-electron chi connectivity index (χ1n) is 14.6. The quantitative estimate of drug-likeness (QED) is 0.316. The number of nitrogens with one attached hydrogen (secondary N) is 1. The lowest BCUT2D eigenvalue weighted by atomic mass is 9.85. The number of likely N-dealkylation sites (tertiary alicyclic amines) is 1. The maximum absolute atomic E-state index is 14.0. The minimum atomic E-state index is -4.44. The van der Waals surface area contributed by atoms with Crippen LogP contribution in [0.15, 0.2) is 54.7 Å². The topological polar surface area (TPSA) is 67.2 Å². The number of nitrogens with zero attached hydrogens (tertiary/aromatic N) is 3. The average molecular weight is 583 g/mol. The Hall–Kier alpha value is -3.69. The number of carbonyl (C=O) groups is 2. The minimum Gasteiger partial charge on any atom is -0.338 e. The third-order valence-electron chi connectivity index (χ3n) is 9.32. The molecule has 1 aliphatic heterocycles. The summed E-state index contributed by atoms with van der Waals surface area (Å²) in [6, 6.07) is 11.8. The molecule has 3 aromatic rings. The number of anilines is 1. The van der Waals surface area contributed by atoms with E-state index < -0.39 is 17.6 Å². The van der Waals surface area contributed by atoms with E-state index in [1.165, 1.54) is 18.2 Å². The molecule has 2 aromatic carbocycles. The fraction of sp³-hybridized carbons (Fsp3) is 0.469. The number of carbonyl (C=O) groups excluding carboxylic acids is 2. The summed E-state index contributed by atoms with van der Waals surface area (Å²) in [4.78, 5) is 28.3. The van der Waals surface area contributed by atoms with Crippen LogP contribution in [0.4, 0.5) is 23.2 Å². The fourth-order valence-electron chi connectivity index (χ4n) is 6.68. The molecule has 2 saturated carbocycles. The second kappa shape index (κ2) is 10.9. The largest absolute Gasteiger partial charge is 0.416 e. The van der Waals surface area contributed by atoms with Crippen LogP contribution >= 0.6 is 0 Å². The molecule has 6 rings (SSSR count). The molecule has 0 bridgehead atoms. The van der Waals surface area contributed by atoms with Gasteiger partial charge in [0.1, 0.15) is 5.82 Å². The van der Waals surface area contributed by atoms with Crippen molar-refractivity contribution in [2.75, 3.05) is 18.4 Å². The van der Waals surface area contributed by atoms with E-state index in [0.717, 1.165) is 24.6 Å². The Morgan fingerprint density at radius 3 is 2.36 bits per heavy atom. The first-order chi connectivity index (χ1) is 20.0. The first kappa shape index (κ1) is 28.4. The highest BCUT2D eigenvalue weighted by molar-refractivity contribution is 5.96. The smallest absolute Gasteiger partial charge is 0.338 e. The number of aromatic nitrogens is 2. The number of hydrogen-bond donors (Lipinski definition) is 1. The van der Waals surface area contributed by atoms with Gasteiger partial charge in [0, 0.05) is 30.3 Å². The predicted octanol–water partition coefficient (Wildman–Crippen LogP) is 7.09. The van der Waals surface area contributed by atoms with Crippen LogP contribution in [0.1, 0.15) is 91.0 Å². The van der Waals surface area contributed by atoms with Crippen LogP contribution in [0.3, 0.4) is 0 Å². The Morgan fingerprint density at radius 1 is 0.976 bits per heavy atom. The maximum Gasteiger partial charge on any atom is 0.416 e. The summed E-state index contributed by atoms with van der Waals surface area (Å²) >= 11 is 0. The van der Waals surface area contributed by atoms with Gasteiger partial charge >= 0.3 is 6.18 Å². The highest BCUT2D eigenvalue weighted by atomic mass is 19.4. The number of halogens is 4. The lowest BCUT2D eigenvalue weighted by molar-refractivity contribution is -0.138. The van der Waals surface area contributed by atoms with Gasteiger partial charge in [0.05, 0.1) is 34.7 Å². The summed E-state index contributed by atoms with van der Waals surface area (Å²) in [5, 5.41) is 7.39. The summed E-state index contributed by atoms with van der Waals surface area (Å²) in [5.41, 5.74) is 1.02. The van der Waals surface area contributed by atoms with Crippen LogP contribution in [0.5, 0.6) is 0 Å². The molecule has 3 aliphatic rings. The molecule has 222 valence electrons. The van der Waals surface area contributed by atoms with Crippen molar-refractivity contribution in [1.82, 2.24) is 14.7 Å². The van der Waals surface area contributed by atoms with E-state index in [9.17, 15) is 27.2 Å². The number of para-hydroxylation sites is 1. The molecule has 6 nitrogen and oxygen atoms in total. The highest BCUT2D eigenvalue weighted by Gasteiger charge is 2.47. The van der Waals surface area contributed by atoms with E-state index in [-0.39, 0.29) is 52.9 Å². The number of benzene rings is 2. The Bertz CT molecular complexity index is 1490. The van der Waals surface area contributed by atoms with Crippen LogP contribution < -0.4 is 5.32 Å². The first-order valence-corrected chi connectivity index (χ1v) is 14.6. The van der Waals surface area contributed by atoms with Gasteiger partial charge in [-0.1, -0.05) is 37.3 Å². The van der Waals surface area contributed by atoms with Crippen molar-refractivity contribution in [2.45, 2.75) is 75.4 Å². The SMILES string of the molecule is CC1(c2c(C(=O)N3CCC(c4ccccc4C(F)(F)F)C3)cnn2[C@H]2CC[C@H](C(=O)Nc3ccccc3F)CC2)CC1. The zero-order valence-corrected chi connectivity index (χ0v) is 23.5. The minimum absolute atomic E-state index is 0.0291.